The highest BCUT2D eigenvalue weighted by atomic mass is 32.2. The van der Waals surface area contributed by atoms with Gasteiger partial charge in [0.1, 0.15) is 28.4 Å². The minimum Gasteiger partial charge on any atom is -0.461 e. The Bertz CT molecular complexity index is 2070. The number of nitrogens with zero attached hydrogens (tertiary/aromatic N) is 4. The summed E-state index contributed by atoms with van der Waals surface area (Å²) in [5.74, 6) is 2.41. The Morgan fingerprint density at radius 1 is 0.951 bits per heavy atom. The number of hydrogen-bond acceptors (Lipinski definition) is 7. The van der Waals surface area contributed by atoms with Crippen LogP contribution in [0.15, 0.2) is 62.4 Å². The highest BCUT2D eigenvalue weighted by Crippen LogP contribution is 2.37. The van der Waals surface area contributed by atoms with Crippen LogP contribution in [0, 0.1) is 34.6 Å². The van der Waals surface area contributed by atoms with Gasteiger partial charge in [0.2, 0.25) is 0 Å². The van der Waals surface area contributed by atoms with Crippen LogP contribution in [0.5, 0.6) is 0 Å². The molecule has 0 bridgehead atoms. The molecule has 0 saturated heterocycles. The van der Waals surface area contributed by atoms with Gasteiger partial charge >= 0.3 is 0 Å². The molecule has 0 atom stereocenters. The topological polar surface area (TPSA) is 116 Å². The third kappa shape index (κ3) is 4.58. The highest BCUT2D eigenvalue weighted by molar-refractivity contribution is 7.92. The fraction of sp³-hybridized carbons (Fsp3) is 0.258. The van der Waals surface area contributed by atoms with E-state index in [9.17, 15) is 8.42 Å². The molecule has 4 aromatic heterocycles. The standard InChI is InChI=1S/C31H31N5O4S/c1-7-27-33-28-17(2)14-18(3)32-31(28)36(27)16-22-12-13-24(29-25(22)15-19(4)39-29)23-10-8-9-11-26(23)41(37,38)35-30-20(5)21(6)40-34-30/h8-15H,7,16H2,1-6H3,(H,34,35). The van der Waals surface area contributed by atoms with Gasteiger partial charge in [-0.2, -0.15) is 0 Å². The first kappa shape index (κ1) is 26.8. The summed E-state index contributed by atoms with van der Waals surface area (Å²) in [7, 11) is -3.99. The van der Waals surface area contributed by atoms with Crippen LogP contribution in [0.3, 0.4) is 0 Å². The van der Waals surface area contributed by atoms with Crippen LogP contribution < -0.4 is 4.72 Å². The van der Waals surface area contributed by atoms with Crippen molar-refractivity contribution < 1.29 is 17.4 Å². The molecule has 10 heteroatoms. The fourth-order valence-electron chi connectivity index (χ4n) is 5.33. The number of anilines is 1. The predicted molar refractivity (Wildman–Crippen MR) is 159 cm³/mol. The number of nitrogens with one attached hydrogen (secondary N) is 1. The van der Waals surface area contributed by atoms with Gasteiger partial charge < -0.3 is 13.5 Å². The summed E-state index contributed by atoms with van der Waals surface area (Å²) in [6.07, 6.45) is 0.767. The quantitative estimate of drug-likeness (QED) is 0.225. The lowest BCUT2D eigenvalue weighted by Crippen LogP contribution is -2.15. The van der Waals surface area contributed by atoms with Crippen LogP contribution in [0.2, 0.25) is 0 Å². The number of aryl methyl sites for hydroxylation is 5. The van der Waals surface area contributed by atoms with Gasteiger partial charge in [0.05, 0.1) is 11.4 Å². The number of rotatable bonds is 7. The maximum atomic E-state index is 13.6. The van der Waals surface area contributed by atoms with E-state index in [4.69, 9.17) is 18.9 Å². The molecule has 0 aliphatic rings. The normalized spacial score (nSPS) is 12.0. The van der Waals surface area contributed by atoms with E-state index in [1.54, 1.807) is 32.0 Å². The lowest BCUT2D eigenvalue weighted by molar-refractivity contribution is 0.399. The molecule has 0 aliphatic heterocycles. The molecule has 210 valence electrons. The number of benzene rings is 2. The second kappa shape index (κ2) is 9.88. The van der Waals surface area contributed by atoms with Crippen LogP contribution in [-0.2, 0) is 23.0 Å². The van der Waals surface area contributed by atoms with Crippen LogP contribution in [0.4, 0.5) is 5.82 Å². The largest absolute Gasteiger partial charge is 0.461 e. The number of imidazole rings is 1. The van der Waals surface area contributed by atoms with Crippen molar-refractivity contribution in [3.05, 3.63) is 88.3 Å². The van der Waals surface area contributed by atoms with Crippen LogP contribution in [0.25, 0.3) is 33.3 Å². The molecule has 0 aliphatic carbocycles. The SMILES string of the molecule is CCc1nc2c(C)cc(C)nc2n1Cc1ccc(-c2ccccc2S(=O)(=O)Nc2noc(C)c2C)c2oc(C)cc12. The number of sulfonamides is 1. The molecule has 6 rings (SSSR count). The molecule has 9 nitrogen and oxygen atoms in total. The van der Waals surface area contributed by atoms with Gasteiger partial charge in [0.15, 0.2) is 11.5 Å². The molecular formula is C31H31N5O4S. The zero-order valence-electron chi connectivity index (χ0n) is 23.9. The van der Waals surface area contributed by atoms with E-state index in [1.165, 1.54) is 0 Å². The summed E-state index contributed by atoms with van der Waals surface area (Å²) >= 11 is 0. The molecule has 0 fully saturated rings. The molecular weight excluding hydrogens is 538 g/mol. The molecule has 4 heterocycles. The van der Waals surface area contributed by atoms with Crippen molar-refractivity contribution in [2.24, 2.45) is 0 Å². The van der Waals surface area contributed by atoms with E-state index in [1.807, 2.05) is 38.1 Å². The zero-order valence-corrected chi connectivity index (χ0v) is 24.7. The van der Waals surface area contributed by atoms with Gasteiger partial charge in [-0.1, -0.05) is 42.4 Å². The fourth-order valence-corrected chi connectivity index (χ4v) is 6.61. The van der Waals surface area contributed by atoms with Crippen molar-refractivity contribution >= 4 is 38.0 Å². The molecule has 0 amide bonds. The Hall–Kier alpha value is -4.44. The average molecular weight is 570 g/mol. The van der Waals surface area contributed by atoms with Gasteiger partial charge in [-0.25, -0.2) is 18.4 Å². The number of furan rings is 1. The number of pyridine rings is 1. The molecule has 6 aromatic rings. The minimum atomic E-state index is -3.99. The molecule has 1 N–H and O–H groups in total. The molecule has 2 aromatic carbocycles. The van der Waals surface area contributed by atoms with E-state index in [0.29, 0.717) is 34.6 Å². The van der Waals surface area contributed by atoms with E-state index in [-0.39, 0.29) is 10.7 Å². The first-order chi connectivity index (χ1) is 19.6. The Morgan fingerprint density at radius 2 is 1.73 bits per heavy atom. The summed E-state index contributed by atoms with van der Waals surface area (Å²) in [6, 6.07) is 14.9. The molecule has 0 saturated carbocycles. The van der Waals surface area contributed by atoms with Crippen molar-refractivity contribution in [2.75, 3.05) is 4.72 Å². The van der Waals surface area contributed by atoms with Crippen molar-refractivity contribution in [1.82, 2.24) is 19.7 Å². The lowest BCUT2D eigenvalue weighted by Gasteiger charge is -2.14. The van der Waals surface area contributed by atoms with Crippen LogP contribution in [-0.4, -0.2) is 28.1 Å². The maximum absolute atomic E-state index is 13.6. The van der Waals surface area contributed by atoms with Crippen LogP contribution in [0.1, 0.15) is 46.7 Å². The lowest BCUT2D eigenvalue weighted by atomic mass is 10.00. The van der Waals surface area contributed by atoms with Gasteiger partial charge in [0, 0.05) is 34.2 Å². The van der Waals surface area contributed by atoms with Gasteiger partial charge in [-0.15, -0.1) is 0 Å². The maximum Gasteiger partial charge on any atom is 0.263 e. The van der Waals surface area contributed by atoms with E-state index < -0.39 is 10.0 Å². The van der Waals surface area contributed by atoms with Crippen molar-refractivity contribution in [3.63, 3.8) is 0 Å². The third-order valence-corrected chi connectivity index (χ3v) is 8.89. The summed E-state index contributed by atoms with van der Waals surface area (Å²) in [6.45, 7) is 12.1. The highest BCUT2D eigenvalue weighted by Gasteiger charge is 2.25. The third-order valence-electron chi connectivity index (χ3n) is 7.50. The number of fused-ring (bicyclic) bond motifs is 2. The summed E-state index contributed by atoms with van der Waals surface area (Å²) in [5, 5.41) is 4.79. The first-order valence-corrected chi connectivity index (χ1v) is 15.0. The van der Waals surface area contributed by atoms with Crippen molar-refractivity contribution in [3.8, 4) is 11.1 Å². The summed E-state index contributed by atoms with van der Waals surface area (Å²) < 4.78 is 43.3. The van der Waals surface area contributed by atoms with E-state index in [2.05, 4.69) is 34.4 Å². The monoisotopic (exact) mass is 569 g/mol. The van der Waals surface area contributed by atoms with Gasteiger partial charge in [-0.05, 0) is 63.9 Å². The van der Waals surface area contributed by atoms with Crippen molar-refractivity contribution in [2.45, 2.75) is 59.4 Å². The molecule has 41 heavy (non-hydrogen) atoms. The molecule has 0 spiro atoms. The van der Waals surface area contributed by atoms with Crippen molar-refractivity contribution in [1.29, 1.82) is 0 Å². The van der Waals surface area contributed by atoms with Crippen LogP contribution >= 0.6 is 0 Å². The summed E-state index contributed by atoms with van der Waals surface area (Å²) in [5.41, 5.74) is 7.31. The zero-order chi connectivity index (χ0) is 29.1. The molecule has 0 unspecified atom stereocenters. The summed E-state index contributed by atoms with van der Waals surface area (Å²) in [4.78, 5) is 9.83. The Kier molecular flexibility index (Phi) is 6.45. The minimum absolute atomic E-state index is 0.118. The van der Waals surface area contributed by atoms with E-state index in [0.717, 1.165) is 51.4 Å². The average Bonchev–Trinajstić information content (AvgIpc) is 3.60. The first-order valence-electron chi connectivity index (χ1n) is 13.5. The van der Waals surface area contributed by atoms with Gasteiger partial charge in [0.25, 0.3) is 10.0 Å². The Morgan fingerprint density at radius 3 is 2.46 bits per heavy atom. The van der Waals surface area contributed by atoms with Gasteiger partial charge in [-0.3, -0.25) is 4.72 Å². The number of aromatic nitrogens is 4. The Balaban J connectivity index is 1.47. The smallest absolute Gasteiger partial charge is 0.263 e. The van der Waals surface area contributed by atoms with E-state index >= 15 is 0 Å². The second-order valence-electron chi connectivity index (χ2n) is 10.4. The number of hydrogen-bond donors (Lipinski definition) is 1. The Labute approximate surface area is 238 Å². The predicted octanol–water partition coefficient (Wildman–Crippen LogP) is 6.79. The molecule has 0 radical (unpaired) electrons. The second-order valence-corrected chi connectivity index (χ2v) is 12.1.